The van der Waals surface area contributed by atoms with E-state index in [9.17, 15) is 9.59 Å². The van der Waals surface area contributed by atoms with Gasteiger partial charge in [0, 0.05) is 26.7 Å². The number of hydrogen-bond acceptors (Lipinski definition) is 5. The van der Waals surface area contributed by atoms with Crippen molar-refractivity contribution < 1.29 is 9.59 Å². The van der Waals surface area contributed by atoms with Crippen LogP contribution in [0, 0.1) is 0 Å². The van der Waals surface area contributed by atoms with Gasteiger partial charge in [0.2, 0.25) is 0 Å². The zero-order valence-corrected chi connectivity index (χ0v) is 20.3. The Morgan fingerprint density at radius 3 is 2.16 bits per heavy atom. The number of hydrogen-bond donors (Lipinski definition) is 1. The average molecular weight is 547 g/mol. The van der Waals surface area contributed by atoms with Crippen molar-refractivity contribution in [3.63, 3.8) is 0 Å². The summed E-state index contributed by atoms with van der Waals surface area (Å²) in [6.07, 6.45) is 0. The van der Waals surface area contributed by atoms with Crippen molar-refractivity contribution in [3.8, 4) is 11.3 Å². The minimum absolute atomic E-state index is 0. The molecule has 1 aliphatic heterocycles. The second-order valence-corrected chi connectivity index (χ2v) is 8.59. The standard InChI is InChI=1S/C23H13Cl2N3O2S.BrH/c24-14-9-15(25)11-16(10-14)26-23-27-20(12-31-23)13-4-3-5-17(8-13)28-21(29)18-6-1-2-7-19(18)22(28)30;/h1-12H,(H,26,27);1H. The number of nitrogens with zero attached hydrogens (tertiary/aromatic N) is 2. The lowest BCUT2D eigenvalue weighted by atomic mass is 10.1. The molecule has 3 aromatic carbocycles. The summed E-state index contributed by atoms with van der Waals surface area (Å²) in [5.41, 5.74) is 3.59. The molecule has 0 atom stereocenters. The van der Waals surface area contributed by atoms with Crippen LogP contribution in [0.25, 0.3) is 11.3 Å². The van der Waals surface area contributed by atoms with Crippen molar-refractivity contribution in [2.75, 3.05) is 10.2 Å². The van der Waals surface area contributed by atoms with E-state index >= 15 is 0 Å². The fraction of sp³-hybridized carbons (Fsp3) is 0. The lowest BCUT2D eigenvalue weighted by Gasteiger charge is -2.14. The highest BCUT2D eigenvalue weighted by atomic mass is 79.9. The number of benzene rings is 3. The molecule has 0 unspecified atom stereocenters. The lowest BCUT2D eigenvalue weighted by Crippen LogP contribution is -2.29. The van der Waals surface area contributed by atoms with Crippen molar-refractivity contribution >= 4 is 79.8 Å². The number of imide groups is 1. The Bertz CT molecular complexity index is 1300. The molecule has 2 amide bonds. The highest BCUT2D eigenvalue weighted by molar-refractivity contribution is 8.93. The summed E-state index contributed by atoms with van der Waals surface area (Å²) < 4.78 is 0. The maximum Gasteiger partial charge on any atom is 0.266 e. The Morgan fingerprint density at radius 1 is 0.844 bits per heavy atom. The molecule has 1 aromatic heterocycles. The van der Waals surface area contributed by atoms with Gasteiger partial charge in [-0.3, -0.25) is 9.59 Å². The molecule has 0 spiro atoms. The molecule has 9 heteroatoms. The van der Waals surface area contributed by atoms with Crippen LogP contribution < -0.4 is 10.2 Å². The Morgan fingerprint density at radius 2 is 1.50 bits per heavy atom. The number of thiazole rings is 1. The molecule has 0 saturated heterocycles. The van der Waals surface area contributed by atoms with E-state index in [1.807, 2.05) is 11.4 Å². The predicted octanol–water partition coefficient (Wildman–Crippen LogP) is 7.24. The van der Waals surface area contributed by atoms with Crippen LogP contribution in [0.2, 0.25) is 10.0 Å². The number of halogens is 3. The zero-order chi connectivity index (χ0) is 21.5. The van der Waals surface area contributed by atoms with Crippen LogP contribution in [0.5, 0.6) is 0 Å². The van der Waals surface area contributed by atoms with E-state index in [2.05, 4.69) is 10.3 Å². The topological polar surface area (TPSA) is 62.3 Å². The molecule has 2 heterocycles. The van der Waals surface area contributed by atoms with Crippen molar-refractivity contribution in [2.24, 2.45) is 0 Å². The summed E-state index contributed by atoms with van der Waals surface area (Å²) in [4.78, 5) is 31.4. The first-order valence-electron chi connectivity index (χ1n) is 9.26. The second-order valence-electron chi connectivity index (χ2n) is 6.86. The largest absolute Gasteiger partial charge is 0.331 e. The van der Waals surface area contributed by atoms with Gasteiger partial charge in [0.25, 0.3) is 11.8 Å². The molecule has 1 N–H and O–H groups in total. The molecule has 160 valence electrons. The monoisotopic (exact) mass is 545 g/mol. The Labute approximate surface area is 208 Å². The molecule has 0 saturated carbocycles. The van der Waals surface area contributed by atoms with Crippen LogP contribution >= 0.6 is 51.5 Å². The van der Waals surface area contributed by atoms with Crippen LogP contribution in [0.1, 0.15) is 20.7 Å². The summed E-state index contributed by atoms with van der Waals surface area (Å²) in [6.45, 7) is 0. The Hall–Kier alpha value is -2.71. The van der Waals surface area contributed by atoms with Crippen molar-refractivity contribution in [2.45, 2.75) is 0 Å². The third-order valence-electron chi connectivity index (χ3n) is 4.81. The van der Waals surface area contributed by atoms with Crippen LogP contribution in [0.3, 0.4) is 0 Å². The minimum atomic E-state index is -0.323. The summed E-state index contributed by atoms with van der Waals surface area (Å²) >= 11 is 13.5. The van der Waals surface area contributed by atoms with Gasteiger partial charge in [-0.1, -0.05) is 47.5 Å². The number of anilines is 3. The number of rotatable bonds is 4. The molecule has 0 fully saturated rings. The molecule has 1 aliphatic rings. The molecular weight excluding hydrogens is 533 g/mol. The van der Waals surface area contributed by atoms with E-state index in [4.69, 9.17) is 23.2 Å². The number of carbonyl (C=O) groups excluding carboxylic acids is 2. The summed E-state index contributed by atoms with van der Waals surface area (Å²) in [5.74, 6) is -0.646. The van der Waals surface area contributed by atoms with Crippen LogP contribution in [-0.4, -0.2) is 16.8 Å². The number of carbonyl (C=O) groups is 2. The molecule has 4 aromatic rings. The normalized spacial score (nSPS) is 12.5. The Kier molecular flexibility index (Phi) is 6.35. The van der Waals surface area contributed by atoms with Gasteiger partial charge >= 0.3 is 0 Å². The maximum atomic E-state index is 12.8. The quantitative estimate of drug-likeness (QED) is 0.274. The average Bonchev–Trinajstić information content (AvgIpc) is 3.31. The molecule has 0 radical (unpaired) electrons. The molecule has 32 heavy (non-hydrogen) atoms. The van der Waals surface area contributed by atoms with E-state index < -0.39 is 0 Å². The number of aromatic nitrogens is 1. The Balaban J connectivity index is 0.00000245. The van der Waals surface area contributed by atoms with E-state index in [0.717, 1.165) is 16.9 Å². The smallest absolute Gasteiger partial charge is 0.266 e. The van der Waals surface area contributed by atoms with Crippen LogP contribution in [-0.2, 0) is 0 Å². The summed E-state index contributed by atoms with van der Waals surface area (Å²) in [6, 6.07) is 19.2. The maximum absolute atomic E-state index is 12.8. The highest BCUT2D eigenvalue weighted by Crippen LogP contribution is 2.33. The van der Waals surface area contributed by atoms with E-state index in [1.54, 1.807) is 60.7 Å². The first-order chi connectivity index (χ1) is 15.0. The first-order valence-corrected chi connectivity index (χ1v) is 10.9. The van der Waals surface area contributed by atoms with Gasteiger partial charge < -0.3 is 5.32 Å². The second kappa shape index (κ2) is 9.03. The van der Waals surface area contributed by atoms with Gasteiger partial charge in [-0.25, -0.2) is 9.88 Å². The summed E-state index contributed by atoms with van der Waals surface area (Å²) in [7, 11) is 0. The lowest BCUT2D eigenvalue weighted by molar-refractivity contribution is 0.0926. The van der Waals surface area contributed by atoms with E-state index in [-0.39, 0.29) is 28.8 Å². The van der Waals surface area contributed by atoms with Gasteiger partial charge in [0.05, 0.1) is 22.5 Å². The molecule has 5 rings (SSSR count). The fourth-order valence-corrected chi connectivity index (χ4v) is 4.71. The van der Waals surface area contributed by atoms with E-state index in [0.29, 0.717) is 32.0 Å². The van der Waals surface area contributed by atoms with Gasteiger partial charge in [-0.2, -0.15) is 0 Å². The number of amides is 2. The predicted molar refractivity (Wildman–Crippen MR) is 135 cm³/mol. The van der Waals surface area contributed by atoms with Gasteiger partial charge in [0.15, 0.2) is 5.13 Å². The van der Waals surface area contributed by atoms with Crippen LogP contribution in [0.15, 0.2) is 72.1 Å². The van der Waals surface area contributed by atoms with Crippen molar-refractivity contribution in [1.29, 1.82) is 0 Å². The third kappa shape index (κ3) is 4.17. The van der Waals surface area contributed by atoms with Gasteiger partial charge in [-0.05, 0) is 42.5 Å². The molecule has 0 aliphatic carbocycles. The van der Waals surface area contributed by atoms with Crippen molar-refractivity contribution in [3.05, 3.63) is 93.3 Å². The minimum Gasteiger partial charge on any atom is -0.331 e. The fourth-order valence-electron chi connectivity index (χ4n) is 3.44. The molecule has 0 bridgehead atoms. The zero-order valence-electron chi connectivity index (χ0n) is 16.2. The van der Waals surface area contributed by atoms with Gasteiger partial charge in [-0.15, -0.1) is 28.3 Å². The first kappa shape index (κ1) is 22.5. The molecule has 5 nitrogen and oxygen atoms in total. The SMILES string of the molecule is Br.O=C1c2ccccc2C(=O)N1c1cccc(-c2csc(Nc3cc(Cl)cc(Cl)c3)n2)c1. The van der Waals surface area contributed by atoms with Crippen molar-refractivity contribution in [1.82, 2.24) is 4.98 Å². The summed E-state index contributed by atoms with van der Waals surface area (Å²) in [5, 5.41) is 6.81. The third-order valence-corrected chi connectivity index (χ3v) is 6.01. The highest BCUT2D eigenvalue weighted by Gasteiger charge is 2.36. The van der Waals surface area contributed by atoms with Crippen LogP contribution in [0.4, 0.5) is 16.5 Å². The number of fused-ring (bicyclic) bond motifs is 1. The van der Waals surface area contributed by atoms with E-state index in [1.165, 1.54) is 16.2 Å². The number of nitrogens with one attached hydrogen (secondary N) is 1. The van der Waals surface area contributed by atoms with Gasteiger partial charge in [0.1, 0.15) is 0 Å². The molecular formula is C23H14BrCl2N3O2S.